The molecule has 0 aliphatic carbocycles. The summed E-state index contributed by atoms with van der Waals surface area (Å²) in [5.74, 6) is 0. The van der Waals surface area contributed by atoms with Gasteiger partial charge in [-0.2, -0.15) is 0 Å². The van der Waals surface area contributed by atoms with Gasteiger partial charge in [0.15, 0.2) is 0 Å². The van der Waals surface area contributed by atoms with Gasteiger partial charge in [-0.15, -0.1) is 0 Å². The molecule has 0 aliphatic rings. The Labute approximate surface area is 185 Å². The Morgan fingerprint density at radius 2 is 1.12 bits per heavy atom. The maximum atomic E-state index is 2.43. The molecule has 0 fully saturated rings. The molecule has 0 amide bonds. The monoisotopic (exact) mass is 408 g/mol. The van der Waals surface area contributed by atoms with Crippen LogP contribution in [0, 0.1) is 0 Å². The molecule has 5 aromatic carbocycles. The van der Waals surface area contributed by atoms with Crippen LogP contribution < -0.4 is 0 Å². The number of hydrogen-bond acceptors (Lipinski definition) is 0. The van der Waals surface area contributed by atoms with Crippen molar-refractivity contribution in [2.24, 2.45) is 0 Å². The number of nitrogens with zero attached hydrogens (tertiary/aromatic N) is 2. The first-order chi connectivity index (χ1) is 15.9. The molecule has 7 aromatic rings. The highest BCUT2D eigenvalue weighted by Crippen LogP contribution is 2.40. The third-order valence-electron chi connectivity index (χ3n) is 6.52. The minimum absolute atomic E-state index is 1.17. The molecule has 0 spiro atoms. The first kappa shape index (κ1) is 17.4. The smallest absolute Gasteiger partial charge is 0.0788 e. The van der Waals surface area contributed by atoms with Gasteiger partial charge in [0.2, 0.25) is 0 Å². The Kier molecular flexibility index (Phi) is 3.58. The maximum Gasteiger partial charge on any atom is 0.0788 e. The number of benzene rings is 5. The molecule has 2 heterocycles. The summed E-state index contributed by atoms with van der Waals surface area (Å²) in [5.41, 5.74) is 6.06. The van der Waals surface area contributed by atoms with E-state index in [1.165, 1.54) is 54.9 Å². The van der Waals surface area contributed by atoms with Crippen LogP contribution in [0.4, 0.5) is 0 Å². The zero-order chi connectivity index (χ0) is 21.1. The largest absolute Gasteiger partial charge is 0.315 e. The summed E-state index contributed by atoms with van der Waals surface area (Å²) >= 11 is 0. The van der Waals surface area contributed by atoms with Crippen molar-refractivity contribution in [1.82, 2.24) is 9.13 Å². The zero-order valence-electron chi connectivity index (χ0n) is 17.4. The van der Waals surface area contributed by atoms with Gasteiger partial charge in [-0.3, -0.25) is 0 Å². The second kappa shape index (κ2) is 6.60. The van der Waals surface area contributed by atoms with Gasteiger partial charge in [0.05, 0.1) is 16.6 Å². The van der Waals surface area contributed by atoms with E-state index >= 15 is 0 Å². The molecule has 0 bridgehead atoms. The van der Waals surface area contributed by atoms with Crippen molar-refractivity contribution in [3.8, 4) is 11.4 Å². The topological polar surface area (TPSA) is 9.86 Å². The Hall–Kier alpha value is -4.30. The molecule has 0 unspecified atom stereocenters. The second-order valence-corrected chi connectivity index (χ2v) is 8.27. The average molecular weight is 409 g/mol. The Morgan fingerprint density at radius 1 is 0.438 bits per heavy atom. The predicted molar refractivity (Wildman–Crippen MR) is 135 cm³/mol. The first-order valence-electron chi connectivity index (χ1n) is 11.0. The van der Waals surface area contributed by atoms with Crippen molar-refractivity contribution >= 4 is 43.5 Å². The maximum absolute atomic E-state index is 2.43. The van der Waals surface area contributed by atoms with Crippen molar-refractivity contribution in [3.05, 3.63) is 121 Å². The second-order valence-electron chi connectivity index (χ2n) is 8.27. The van der Waals surface area contributed by atoms with Crippen molar-refractivity contribution in [3.63, 3.8) is 0 Å². The summed E-state index contributed by atoms with van der Waals surface area (Å²) in [7, 11) is 0. The minimum atomic E-state index is 1.17. The van der Waals surface area contributed by atoms with Crippen LogP contribution in [0.25, 0.3) is 54.9 Å². The number of fused-ring (bicyclic) bond motifs is 7. The van der Waals surface area contributed by atoms with Crippen molar-refractivity contribution in [1.29, 1.82) is 0 Å². The van der Waals surface area contributed by atoms with Gasteiger partial charge in [0.1, 0.15) is 0 Å². The van der Waals surface area contributed by atoms with Gasteiger partial charge in [0.25, 0.3) is 0 Å². The molecular weight excluding hydrogens is 388 g/mol. The van der Waals surface area contributed by atoms with E-state index in [0.29, 0.717) is 0 Å². The molecule has 32 heavy (non-hydrogen) atoms. The van der Waals surface area contributed by atoms with E-state index in [2.05, 4.69) is 131 Å². The van der Waals surface area contributed by atoms with Gasteiger partial charge in [-0.25, -0.2) is 0 Å². The van der Waals surface area contributed by atoms with Gasteiger partial charge >= 0.3 is 0 Å². The van der Waals surface area contributed by atoms with E-state index < -0.39 is 0 Å². The summed E-state index contributed by atoms with van der Waals surface area (Å²) < 4.78 is 4.75. The molecule has 0 N–H and O–H groups in total. The number of hydrogen-bond donors (Lipinski definition) is 0. The standard InChI is InChI=1S/C30H20N2/c1-3-10-23(11-4-1)31-20-19-22-15-17-26-28-25-14-8-7-9-21(25)16-18-27(28)32(30(26)29(22)31)24-12-5-2-6-13-24/h1-20H. The summed E-state index contributed by atoms with van der Waals surface area (Å²) in [6.07, 6.45) is 2.19. The third kappa shape index (κ3) is 2.35. The number of aromatic nitrogens is 2. The van der Waals surface area contributed by atoms with Crippen LogP contribution in [-0.2, 0) is 0 Å². The molecule has 2 heteroatoms. The lowest BCUT2D eigenvalue weighted by Crippen LogP contribution is -1.97. The highest BCUT2D eigenvalue weighted by atomic mass is 15.0. The predicted octanol–water partition coefficient (Wildman–Crippen LogP) is 7.88. The Morgan fingerprint density at radius 3 is 1.94 bits per heavy atom. The van der Waals surface area contributed by atoms with Gasteiger partial charge < -0.3 is 9.13 Å². The van der Waals surface area contributed by atoms with Crippen molar-refractivity contribution < 1.29 is 0 Å². The van der Waals surface area contributed by atoms with Gasteiger partial charge in [0, 0.05) is 33.7 Å². The fourth-order valence-electron chi connectivity index (χ4n) is 5.14. The molecule has 0 atom stereocenters. The van der Waals surface area contributed by atoms with E-state index in [1.807, 2.05) is 0 Å². The molecule has 7 rings (SSSR count). The fourth-order valence-corrected chi connectivity index (χ4v) is 5.14. The van der Waals surface area contributed by atoms with Crippen LogP contribution in [0.2, 0.25) is 0 Å². The molecule has 0 saturated carbocycles. The fraction of sp³-hybridized carbons (Fsp3) is 0. The summed E-state index contributed by atoms with van der Waals surface area (Å²) in [4.78, 5) is 0. The van der Waals surface area contributed by atoms with Crippen LogP contribution in [0.15, 0.2) is 121 Å². The lowest BCUT2D eigenvalue weighted by molar-refractivity contribution is 1.12. The van der Waals surface area contributed by atoms with Crippen LogP contribution in [-0.4, -0.2) is 9.13 Å². The van der Waals surface area contributed by atoms with E-state index in [9.17, 15) is 0 Å². The van der Waals surface area contributed by atoms with E-state index in [1.54, 1.807) is 0 Å². The number of rotatable bonds is 2. The summed E-state index contributed by atoms with van der Waals surface area (Å²) in [6, 6.07) is 41.3. The molecule has 2 nitrogen and oxygen atoms in total. The third-order valence-corrected chi connectivity index (χ3v) is 6.52. The molecule has 0 radical (unpaired) electrons. The molecule has 0 aliphatic heterocycles. The minimum Gasteiger partial charge on any atom is -0.315 e. The SMILES string of the molecule is c1ccc(-n2ccc3ccc4c5c6ccccc6ccc5n(-c5ccccc5)c4c32)cc1. The van der Waals surface area contributed by atoms with E-state index in [-0.39, 0.29) is 0 Å². The van der Waals surface area contributed by atoms with Crippen molar-refractivity contribution in [2.75, 3.05) is 0 Å². The Bertz CT molecular complexity index is 1750. The lowest BCUT2D eigenvalue weighted by Gasteiger charge is -2.11. The highest BCUT2D eigenvalue weighted by molar-refractivity contribution is 6.25. The van der Waals surface area contributed by atoms with Crippen LogP contribution in [0.3, 0.4) is 0 Å². The quantitative estimate of drug-likeness (QED) is 0.275. The van der Waals surface area contributed by atoms with Crippen LogP contribution in [0.1, 0.15) is 0 Å². The molecular formula is C30H20N2. The highest BCUT2D eigenvalue weighted by Gasteiger charge is 2.19. The molecule has 2 aromatic heterocycles. The van der Waals surface area contributed by atoms with E-state index in [0.717, 1.165) is 0 Å². The zero-order valence-corrected chi connectivity index (χ0v) is 17.4. The molecule has 150 valence electrons. The summed E-state index contributed by atoms with van der Waals surface area (Å²) in [6.45, 7) is 0. The average Bonchev–Trinajstić information content (AvgIpc) is 3.44. The van der Waals surface area contributed by atoms with Crippen LogP contribution >= 0.6 is 0 Å². The Balaban J connectivity index is 1.76. The number of para-hydroxylation sites is 2. The van der Waals surface area contributed by atoms with Gasteiger partial charge in [-0.05, 0) is 47.2 Å². The van der Waals surface area contributed by atoms with Gasteiger partial charge in [-0.1, -0.05) is 78.9 Å². The van der Waals surface area contributed by atoms with E-state index in [4.69, 9.17) is 0 Å². The summed E-state index contributed by atoms with van der Waals surface area (Å²) in [5, 5.41) is 6.40. The van der Waals surface area contributed by atoms with Crippen molar-refractivity contribution in [2.45, 2.75) is 0 Å². The molecule has 0 saturated heterocycles. The normalized spacial score (nSPS) is 11.8. The lowest BCUT2D eigenvalue weighted by atomic mass is 10.0. The van der Waals surface area contributed by atoms with Crippen LogP contribution in [0.5, 0.6) is 0 Å². The first-order valence-corrected chi connectivity index (χ1v) is 11.0.